The van der Waals surface area contributed by atoms with Gasteiger partial charge < -0.3 is 10.1 Å². The first-order valence-corrected chi connectivity index (χ1v) is 5.47. The monoisotopic (exact) mass is 201 g/mol. The number of ether oxygens (including phenoxy) is 1. The molecule has 3 nitrogen and oxygen atoms in total. The van der Waals surface area contributed by atoms with Gasteiger partial charge in [0, 0.05) is 6.04 Å². The van der Waals surface area contributed by atoms with Crippen LogP contribution >= 0.6 is 0 Å². The summed E-state index contributed by atoms with van der Waals surface area (Å²) in [5.41, 5.74) is 0. The summed E-state index contributed by atoms with van der Waals surface area (Å²) >= 11 is 0. The molecule has 0 spiro atoms. The number of unbranched alkanes of at least 4 members (excludes halogenated alkanes) is 1. The lowest BCUT2D eigenvalue weighted by atomic mass is 10.1. The molecule has 0 saturated heterocycles. The van der Waals surface area contributed by atoms with Crippen molar-refractivity contribution in [1.82, 2.24) is 5.32 Å². The summed E-state index contributed by atoms with van der Waals surface area (Å²) in [5, 5.41) is 2.91. The lowest BCUT2D eigenvalue weighted by Gasteiger charge is -2.14. The van der Waals surface area contributed by atoms with E-state index in [-0.39, 0.29) is 24.7 Å². The molecule has 0 aliphatic rings. The quantitative estimate of drug-likeness (QED) is 0.685. The fraction of sp³-hybridized carbons (Fsp3) is 0.909. The van der Waals surface area contributed by atoms with E-state index in [1.165, 1.54) is 6.42 Å². The summed E-state index contributed by atoms with van der Waals surface area (Å²) in [6, 6.07) is 0.262. The zero-order valence-electron chi connectivity index (χ0n) is 9.80. The summed E-state index contributed by atoms with van der Waals surface area (Å²) in [4.78, 5) is 11.3. The topological polar surface area (TPSA) is 38.3 Å². The summed E-state index contributed by atoms with van der Waals surface area (Å²) < 4.78 is 5.20. The number of hydrogen-bond acceptors (Lipinski definition) is 2. The Labute approximate surface area is 87.2 Å². The molecule has 0 fully saturated rings. The Bertz CT molecular complexity index is 157. The van der Waals surface area contributed by atoms with Gasteiger partial charge in [0.2, 0.25) is 5.91 Å². The van der Waals surface area contributed by atoms with Crippen LogP contribution in [-0.4, -0.2) is 24.7 Å². The van der Waals surface area contributed by atoms with Crippen LogP contribution in [0.2, 0.25) is 0 Å². The van der Waals surface area contributed by atoms with Gasteiger partial charge in [-0.3, -0.25) is 4.79 Å². The van der Waals surface area contributed by atoms with Crippen LogP contribution in [0.15, 0.2) is 0 Å². The Morgan fingerprint density at radius 2 is 2.00 bits per heavy atom. The van der Waals surface area contributed by atoms with Gasteiger partial charge >= 0.3 is 0 Å². The fourth-order valence-electron chi connectivity index (χ4n) is 1.14. The molecule has 1 amide bonds. The highest BCUT2D eigenvalue weighted by Crippen LogP contribution is 1.99. The molecule has 1 unspecified atom stereocenters. The second-order valence-corrected chi connectivity index (χ2v) is 3.97. The summed E-state index contributed by atoms with van der Waals surface area (Å²) in [6.45, 7) is 8.20. The highest BCUT2D eigenvalue weighted by molar-refractivity contribution is 5.77. The minimum Gasteiger partial charge on any atom is -0.369 e. The van der Waals surface area contributed by atoms with Crippen LogP contribution in [0.3, 0.4) is 0 Å². The van der Waals surface area contributed by atoms with Crippen molar-refractivity contribution in [2.24, 2.45) is 0 Å². The Kier molecular flexibility index (Phi) is 7.48. The first-order chi connectivity index (χ1) is 6.56. The summed E-state index contributed by atoms with van der Waals surface area (Å²) in [7, 11) is 0. The molecule has 0 aromatic rings. The van der Waals surface area contributed by atoms with Crippen LogP contribution in [0.1, 0.15) is 47.0 Å². The first kappa shape index (κ1) is 13.4. The van der Waals surface area contributed by atoms with Crippen LogP contribution in [0.25, 0.3) is 0 Å². The van der Waals surface area contributed by atoms with Crippen molar-refractivity contribution in [3.63, 3.8) is 0 Å². The second kappa shape index (κ2) is 7.80. The van der Waals surface area contributed by atoms with E-state index in [2.05, 4.69) is 12.2 Å². The molecular formula is C11H23NO2. The maximum Gasteiger partial charge on any atom is 0.246 e. The van der Waals surface area contributed by atoms with E-state index in [0.29, 0.717) is 0 Å². The van der Waals surface area contributed by atoms with Crippen LogP contribution in [0.4, 0.5) is 0 Å². The summed E-state index contributed by atoms with van der Waals surface area (Å²) in [6.07, 6.45) is 3.49. The Morgan fingerprint density at radius 3 is 2.50 bits per heavy atom. The van der Waals surface area contributed by atoms with E-state index in [1.807, 2.05) is 20.8 Å². The number of amides is 1. The molecule has 1 N–H and O–H groups in total. The molecule has 0 aromatic carbocycles. The minimum absolute atomic E-state index is 0.0118. The normalized spacial score (nSPS) is 12.9. The lowest BCUT2D eigenvalue weighted by Crippen LogP contribution is -2.35. The molecule has 3 heteroatoms. The molecular weight excluding hydrogens is 178 g/mol. The largest absolute Gasteiger partial charge is 0.369 e. The molecule has 0 bridgehead atoms. The maximum atomic E-state index is 11.3. The number of hydrogen-bond donors (Lipinski definition) is 1. The van der Waals surface area contributed by atoms with Gasteiger partial charge in [0.05, 0.1) is 6.10 Å². The lowest BCUT2D eigenvalue weighted by molar-refractivity contribution is -0.127. The van der Waals surface area contributed by atoms with Crippen LogP contribution in [0.5, 0.6) is 0 Å². The third kappa shape index (κ3) is 8.05. The molecule has 0 rings (SSSR count). The summed E-state index contributed by atoms with van der Waals surface area (Å²) in [5.74, 6) is -0.0118. The molecule has 0 aliphatic heterocycles. The van der Waals surface area contributed by atoms with Crippen molar-refractivity contribution in [3.8, 4) is 0 Å². The van der Waals surface area contributed by atoms with Crippen molar-refractivity contribution in [3.05, 3.63) is 0 Å². The highest BCUT2D eigenvalue weighted by Gasteiger charge is 2.07. The zero-order valence-corrected chi connectivity index (χ0v) is 9.80. The van der Waals surface area contributed by atoms with Gasteiger partial charge in [0.15, 0.2) is 0 Å². The third-order valence-electron chi connectivity index (χ3n) is 1.95. The van der Waals surface area contributed by atoms with E-state index in [1.54, 1.807) is 0 Å². The molecule has 0 heterocycles. The maximum absolute atomic E-state index is 11.3. The smallest absolute Gasteiger partial charge is 0.246 e. The van der Waals surface area contributed by atoms with Crippen LogP contribution in [0, 0.1) is 0 Å². The number of carbonyl (C=O) groups excluding carboxylic acids is 1. The van der Waals surface area contributed by atoms with Crippen LogP contribution in [-0.2, 0) is 9.53 Å². The molecule has 14 heavy (non-hydrogen) atoms. The van der Waals surface area contributed by atoms with Crippen LogP contribution < -0.4 is 5.32 Å². The van der Waals surface area contributed by atoms with Crippen molar-refractivity contribution >= 4 is 5.91 Å². The number of rotatable bonds is 7. The molecule has 0 radical (unpaired) electrons. The van der Waals surface area contributed by atoms with Gasteiger partial charge in [-0.05, 0) is 27.2 Å². The predicted molar refractivity (Wildman–Crippen MR) is 58.2 cm³/mol. The molecule has 0 aliphatic carbocycles. The standard InChI is InChI=1S/C11H23NO2/c1-5-6-7-10(4)12-11(13)8-14-9(2)3/h9-10H,5-8H2,1-4H3,(H,12,13). The van der Waals surface area contributed by atoms with Gasteiger partial charge in [-0.25, -0.2) is 0 Å². The van der Waals surface area contributed by atoms with Gasteiger partial charge in [-0.1, -0.05) is 19.8 Å². The third-order valence-corrected chi connectivity index (χ3v) is 1.95. The first-order valence-electron chi connectivity index (χ1n) is 5.47. The van der Waals surface area contributed by atoms with Gasteiger partial charge in [-0.15, -0.1) is 0 Å². The van der Waals surface area contributed by atoms with Crippen molar-refractivity contribution in [1.29, 1.82) is 0 Å². The minimum atomic E-state index is -0.0118. The number of nitrogens with one attached hydrogen (secondary N) is 1. The SMILES string of the molecule is CCCCC(C)NC(=O)COC(C)C. The van der Waals surface area contributed by atoms with E-state index >= 15 is 0 Å². The van der Waals surface area contributed by atoms with E-state index < -0.39 is 0 Å². The average Bonchev–Trinajstić information content (AvgIpc) is 2.11. The Morgan fingerprint density at radius 1 is 1.36 bits per heavy atom. The Hall–Kier alpha value is -0.570. The molecule has 0 saturated carbocycles. The highest BCUT2D eigenvalue weighted by atomic mass is 16.5. The van der Waals surface area contributed by atoms with Crippen molar-refractivity contribution in [2.45, 2.75) is 59.1 Å². The number of carbonyl (C=O) groups is 1. The molecule has 1 atom stereocenters. The van der Waals surface area contributed by atoms with Gasteiger partial charge in [-0.2, -0.15) is 0 Å². The van der Waals surface area contributed by atoms with E-state index in [9.17, 15) is 4.79 Å². The average molecular weight is 201 g/mol. The van der Waals surface area contributed by atoms with Gasteiger partial charge in [0.1, 0.15) is 6.61 Å². The molecule has 0 aromatic heterocycles. The Balaban J connectivity index is 3.50. The van der Waals surface area contributed by atoms with Crippen molar-refractivity contribution < 1.29 is 9.53 Å². The van der Waals surface area contributed by atoms with Gasteiger partial charge in [0.25, 0.3) is 0 Å². The van der Waals surface area contributed by atoms with E-state index in [0.717, 1.165) is 12.8 Å². The zero-order chi connectivity index (χ0) is 11.0. The van der Waals surface area contributed by atoms with E-state index in [4.69, 9.17) is 4.74 Å². The van der Waals surface area contributed by atoms with Crippen molar-refractivity contribution in [2.75, 3.05) is 6.61 Å². The fourth-order valence-corrected chi connectivity index (χ4v) is 1.14. The second-order valence-electron chi connectivity index (χ2n) is 3.97. The predicted octanol–water partition coefficient (Wildman–Crippen LogP) is 2.11. The molecule has 84 valence electrons.